The Labute approximate surface area is 158 Å². The van der Waals surface area contributed by atoms with Gasteiger partial charge in [-0.25, -0.2) is 4.39 Å². The monoisotopic (exact) mass is 381 g/mol. The lowest BCUT2D eigenvalue weighted by Crippen LogP contribution is -2.45. The highest BCUT2D eigenvalue weighted by atomic mass is 35.5. The van der Waals surface area contributed by atoms with E-state index in [1.807, 2.05) is 0 Å². The number of piperidine rings is 1. The van der Waals surface area contributed by atoms with E-state index < -0.39 is 5.82 Å². The lowest BCUT2D eigenvalue weighted by molar-refractivity contribution is -0.124. The zero-order chi connectivity index (χ0) is 18.5. The van der Waals surface area contributed by atoms with Crippen LogP contribution < -0.4 is 10.6 Å². The van der Waals surface area contributed by atoms with E-state index in [4.69, 9.17) is 11.6 Å². The van der Waals surface area contributed by atoms with Gasteiger partial charge in [0.1, 0.15) is 5.82 Å². The van der Waals surface area contributed by atoms with Crippen LogP contribution in [0.1, 0.15) is 38.5 Å². The first-order valence-electron chi connectivity index (χ1n) is 9.28. The number of likely N-dealkylation sites (tertiary alicyclic amines) is 1. The van der Waals surface area contributed by atoms with Gasteiger partial charge in [-0.3, -0.25) is 14.5 Å². The average Bonchev–Trinajstić information content (AvgIpc) is 3.07. The van der Waals surface area contributed by atoms with Gasteiger partial charge >= 0.3 is 0 Å². The molecule has 0 spiro atoms. The number of halogens is 2. The summed E-state index contributed by atoms with van der Waals surface area (Å²) in [6.45, 7) is 1.81. The Morgan fingerprint density at radius 1 is 1.12 bits per heavy atom. The zero-order valence-electron chi connectivity index (χ0n) is 14.8. The van der Waals surface area contributed by atoms with Crippen molar-refractivity contribution in [3.8, 4) is 0 Å². The summed E-state index contributed by atoms with van der Waals surface area (Å²) in [4.78, 5) is 26.6. The van der Waals surface area contributed by atoms with E-state index in [0.29, 0.717) is 44.2 Å². The van der Waals surface area contributed by atoms with Gasteiger partial charge in [-0.2, -0.15) is 0 Å². The minimum absolute atomic E-state index is 0.0780. The predicted octanol–water partition coefficient (Wildman–Crippen LogP) is 3.19. The van der Waals surface area contributed by atoms with Crippen molar-refractivity contribution in [3.05, 3.63) is 29.0 Å². The van der Waals surface area contributed by atoms with E-state index >= 15 is 0 Å². The SMILES string of the molecule is O=C(CN1CCC(C(=O)Nc2cc(F)cc(Cl)c2)CC1)NC1CCCC1. The normalized spacial score (nSPS) is 19.5. The summed E-state index contributed by atoms with van der Waals surface area (Å²) in [5.41, 5.74) is 0.373. The largest absolute Gasteiger partial charge is 0.352 e. The molecule has 142 valence electrons. The van der Waals surface area contributed by atoms with E-state index in [-0.39, 0.29) is 22.8 Å². The summed E-state index contributed by atoms with van der Waals surface area (Å²) in [6, 6.07) is 4.33. The summed E-state index contributed by atoms with van der Waals surface area (Å²) in [7, 11) is 0. The average molecular weight is 382 g/mol. The van der Waals surface area contributed by atoms with Crippen LogP contribution in [0.25, 0.3) is 0 Å². The van der Waals surface area contributed by atoms with E-state index in [1.165, 1.54) is 31.0 Å². The van der Waals surface area contributed by atoms with Crippen molar-refractivity contribution in [2.24, 2.45) is 5.92 Å². The maximum atomic E-state index is 13.4. The fourth-order valence-electron chi connectivity index (χ4n) is 3.77. The van der Waals surface area contributed by atoms with Crippen molar-refractivity contribution >= 4 is 29.1 Å². The second kappa shape index (κ2) is 8.82. The van der Waals surface area contributed by atoms with E-state index in [1.54, 1.807) is 0 Å². The lowest BCUT2D eigenvalue weighted by atomic mass is 9.95. The third-order valence-electron chi connectivity index (χ3n) is 5.18. The molecule has 7 heteroatoms. The molecule has 0 radical (unpaired) electrons. The Morgan fingerprint density at radius 2 is 1.81 bits per heavy atom. The summed E-state index contributed by atoms with van der Waals surface area (Å²) in [6.07, 6.45) is 5.93. The number of hydrogen-bond acceptors (Lipinski definition) is 3. The third kappa shape index (κ3) is 5.42. The number of carbonyl (C=O) groups is 2. The Bertz CT molecular complexity index is 636. The van der Waals surface area contributed by atoms with E-state index in [2.05, 4.69) is 15.5 Å². The molecule has 0 unspecified atom stereocenters. The first kappa shape index (κ1) is 19.1. The van der Waals surface area contributed by atoms with Gasteiger partial charge in [-0.15, -0.1) is 0 Å². The van der Waals surface area contributed by atoms with Crippen LogP contribution in [0.2, 0.25) is 5.02 Å². The Balaban J connectivity index is 1.42. The Morgan fingerprint density at radius 3 is 2.46 bits per heavy atom. The number of benzene rings is 1. The summed E-state index contributed by atoms with van der Waals surface area (Å²) < 4.78 is 13.4. The van der Waals surface area contributed by atoms with Crippen molar-refractivity contribution in [2.75, 3.05) is 25.0 Å². The van der Waals surface area contributed by atoms with Gasteiger partial charge < -0.3 is 10.6 Å². The van der Waals surface area contributed by atoms with Crippen molar-refractivity contribution in [1.29, 1.82) is 0 Å². The molecule has 0 bridgehead atoms. The van der Waals surface area contributed by atoms with Gasteiger partial charge in [-0.1, -0.05) is 24.4 Å². The number of anilines is 1. The molecule has 2 N–H and O–H groups in total. The minimum Gasteiger partial charge on any atom is -0.352 e. The molecule has 5 nitrogen and oxygen atoms in total. The summed E-state index contributed by atoms with van der Waals surface area (Å²) in [5, 5.41) is 6.08. The van der Waals surface area contributed by atoms with Gasteiger partial charge in [0.2, 0.25) is 11.8 Å². The highest BCUT2D eigenvalue weighted by Crippen LogP contribution is 2.22. The van der Waals surface area contributed by atoms with Crippen LogP contribution in [0.5, 0.6) is 0 Å². The van der Waals surface area contributed by atoms with Crippen LogP contribution in [0, 0.1) is 11.7 Å². The minimum atomic E-state index is -0.476. The van der Waals surface area contributed by atoms with Gasteiger partial charge in [0, 0.05) is 22.7 Å². The van der Waals surface area contributed by atoms with Crippen LogP contribution >= 0.6 is 11.6 Å². The second-order valence-corrected chi connectivity index (χ2v) is 7.68. The van der Waals surface area contributed by atoms with Crippen LogP contribution in [-0.4, -0.2) is 42.4 Å². The van der Waals surface area contributed by atoms with Crippen molar-refractivity contribution in [3.63, 3.8) is 0 Å². The second-order valence-electron chi connectivity index (χ2n) is 7.25. The maximum Gasteiger partial charge on any atom is 0.234 e. The Hall–Kier alpha value is -1.66. The molecule has 0 aromatic heterocycles. The molecule has 2 aliphatic rings. The molecular formula is C19H25ClFN3O2. The third-order valence-corrected chi connectivity index (χ3v) is 5.39. The highest BCUT2D eigenvalue weighted by molar-refractivity contribution is 6.30. The van der Waals surface area contributed by atoms with Gasteiger partial charge in [0.25, 0.3) is 0 Å². The quantitative estimate of drug-likeness (QED) is 0.823. The number of amides is 2. The van der Waals surface area contributed by atoms with Gasteiger partial charge in [0.05, 0.1) is 6.54 Å². The van der Waals surface area contributed by atoms with E-state index in [9.17, 15) is 14.0 Å². The van der Waals surface area contributed by atoms with Crippen LogP contribution in [0.3, 0.4) is 0 Å². The standard InChI is InChI=1S/C19H25ClFN3O2/c20-14-9-15(21)11-17(10-14)23-19(26)13-5-7-24(8-6-13)12-18(25)22-16-3-1-2-4-16/h9-11,13,16H,1-8,12H2,(H,22,25)(H,23,26). The first-order chi connectivity index (χ1) is 12.5. The molecule has 1 heterocycles. The lowest BCUT2D eigenvalue weighted by Gasteiger charge is -2.31. The van der Waals surface area contributed by atoms with Crippen LogP contribution in [0.15, 0.2) is 18.2 Å². The van der Waals surface area contributed by atoms with Crippen molar-refractivity contribution in [2.45, 2.75) is 44.6 Å². The highest BCUT2D eigenvalue weighted by Gasteiger charge is 2.27. The smallest absolute Gasteiger partial charge is 0.234 e. The van der Waals surface area contributed by atoms with Gasteiger partial charge in [-0.05, 0) is 57.0 Å². The topological polar surface area (TPSA) is 61.4 Å². The molecule has 1 aliphatic carbocycles. The number of hydrogen-bond donors (Lipinski definition) is 2. The fraction of sp³-hybridized carbons (Fsp3) is 0.579. The van der Waals surface area contributed by atoms with Crippen molar-refractivity contribution < 1.29 is 14.0 Å². The number of rotatable bonds is 5. The number of nitrogens with zero attached hydrogens (tertiary/aromatic N) is 1. The molecular weight excluding hydrogens is 357 g/mol. The molecule has 2 amide bonds. The number of carbonyl (C=O) groups excluding carboxylic acids is 2. The maximum absolute atomic E-state index is 13.4. The molecule has 1 saturated carbocycles. The zero-order valence-corrected chi connectivity index (χ0v) is 15.5. The van der Waals surface area contributed by atoms with E-state index in [0.717, 1.165) is 12.8 Å². The van der Waals surface area contributed by atoms with Gasteiger partial charge in [0.15, 0.2) is 0 Å². The summed E-state index contributed by atoms with van der Waals surface area (Å²) in [5.74, 6) is -0.655. The molecule has 1 saturated heterocycles. The molecule has 26 heavy (non-hydrogen) atoms. The van der Waals surface area contributed by atoms with Crippen LogP contribution in [-0.2, 0) is 9.59 Å². The number of nitrogens with one attached hydrogen (secondary N) is 2. The molecule has 1 aromatic carbocycles. The molecule has 1 aromatic rings. The molecule has 3 rings (SSSR count). The molecule has 0 atom stereocenters. The fourth-order valence-corrected chi connectivity index (χ4v) is 3.99. The molecule has 1 aliphatic heterocycles. The predicted molar refractivity (Wildman–Crippen MR) is 99.6 cm³/mol. The van der Waals surface area contributed by atoms with Crippen LogP contribution in [0.4, 0.5) is 10.1 Å². The summed E-state index contributed by atoms with van der Waals surface area (Å²) >= 11 is 5.81. The Kier molecular flexibility index (Phi) is 6.48. The van der Waals surface area contributed by atoms with Crippen molar-refractivity contribution in [1.82, 2.24) is 10.2 Å². The first-order valence-corrected chi connectivity index (χ1v) is 9.66. The molecule has 2 fully saturated rings.